The van der Waals surface area contributed by atoms with E-state index in [1.807, 2.05) is 0 Å². The highest BCUT2D eigenvalue weighted by atomic mass is 32.2. The predicted octanol–water partition coefficient (Wildman–Crippen LogP) is 2.23. The quantitative estimate of drug-likeness (QED) is 0.773. The van der Waals surface area contributed by atoms with E-state index in [0.29, 0.717) is 29.3 Å². The molecule has 1 aliphatic carbocycles. The van der Waals surface area contributed by atoms with Crippen LogP contribution >= 0.6 is 0 Å². The molecule has 1 aliphatic heterocycles. The van der Waals surface area contributed by atoms with Crippen molar-refractivity contribution < 1.29 is 8.42 Å². The van der Waals surface area contributed by atoms with Crippen LogP contribution in [0.25, 0.3) is 0 Å². The van der Waals surface area contributed by atoms with Gasteiger partial charge in [0.05, 0.1) is 11.5 Å². The van der Waals surface area contributed by atoms with E-state index in [2.05, 4.69) is 19.2 Å². The van der Waals surface area contributed by atoms with Gasteiger partial charge in [-0.25, -0.2) is 8.42 Å². The number of sulfone groups is 1. The van der Waals surface area contributed by atoms with Gasteiger partial charge in [-0.05, 0) is 50.0 Å². The summed E-state index contributed by atoms with van der Waals surface area (Å²) in [5, 5.41) is 3.60. The zero-order chi connectivity index (χ0) is 13.2. The van der Waals surface area contributed by atoms with E-state index in [-0.39, 0.29) is 0 Å². The van der Waals surface area contributed by atoms with Gasteiger partial charge in [-0.15, -0.1) is 0 Å². The zero-order valence-electron chi connectivity index (χ0n) is 11.7. The van der Waals surface area contributed by atoms with E-state index >= 15 is 0 Å². The minimum atomic E-state index is -2.73. The summed E-state index contributed by atoms with van der Waals surface area (Å²) in [7, 11) is -2.73. The highest BCUT2D eigenvalue weighted by molar-refractivity contribution is 7.91. The maximum atomic E-state index is 11.6. The maximum absolute atomic E-state index is 11.6. The van der Waals surface area contributed by atoms with Crippen molar-refractivity contribution in [1.82, 2.24) is 5.32 Å². The van der Waals surface area contributed by atoms with E-state index in [0.717, 1.165) is 19.0 Å². The van der Waals surface area contributed by atoms with Crippen LogP contribution in [0.5, 0.6) is 0 Å². The normalized spacial score (nSPS) is 30.2. The highest BCUT2D eigenvalue weighted by Gasteiger charge is 2.34. The standard InChI is InChI=1S/C14H27NO2S/c1-3-11(2)8-13(9-15-14-4-5-14)12-6-7-18(16,17)10-12/h11-15H,3-10H2,1-2H3. The molecule has 0 spiro atoms. The van der Waals surface area contributed by atoms with Crippen LogP contribution in [0.4, 0.5) is 0 Å². The second-order valence-corrected chi connectivity index (χ2v) is 8.58. The van der Waals surface area contributed by atoms with E-state index in [4.69, 9.17) is 0 Å². The van der Waals surface area contributed by atoms with Crippen LogP contribution in [0.3, 0.4) is 0 Å². The SMILES string of the molecule is CCC(C)CC(CNC1CC1)C1CCS(=O)(=O)C1. The van der Waals surface area contributed by atoms with Gasteiger partial charge >= 0.3 is 0 Å². The van der Waals surface area contributed by atoms with Gasteiger partial charge in [-0.3, -0.25) is 0 Å². The molecule has 106 valence electrons. The molecule has 2 aliphatic rings. The van der Waals surface area contributed by atoms with Crippen molar-refractivity contribution in [2.75, 3.05) is 18.1 Å². The second-order valence-electron chi connectivity index (χ2n) is 6.35. The van der Waals surface area contributed by atoms with Gasteiger partial charge in [0, 0.05) is 6.04 Å². The first kappa shape index (κ1) is 14.3. The van der Waals surface area contributed by atoms with Gasteiger partial charge in [-0.1, -0.05) is 20.3 Å². The lowest BCUT2D eigenvalue weighted by atomic mass is 9.83. The van der Waals surface area contributed by atoms with Crippen molar-refractivity contribution in [1.29, 1.82) is 0 Å². The Morgan fingerprint density at radius 2 is 2.00 bits per heavy atom. The maximum Gasteiger partial charge on any atom is 0.150 e. The molecule has 3 unspecified atom stereocenters. The third kappa shape index (κ3) is 4.23. The average Bonchev–Trinajstić information content (AvgIpc) is 3.07. The Kier molecular flexibility index (Phi) is 4.70. The van der Waals surface area contributed by atoms with Gasteiger partial charge in [0.1, 0.15) is 0 Å². The molecule has 1 saturated heterocycles. The minimum absolute atomic E-state index is 0.398. The fourth-order valence-electron chi connectivity index (χ4n) is 2.93. The number of rotatable bonds is 7. The first-order chi connectivity index (χ1) is 8.50. The van der Waals surface area contributed by atoms with Gasteiger partial charge < -0.3 is 5.32 Å². The van der Waals surface area contributed by atoms with E-state index in [1.54, 1.807) is 0 Å². The molecule has 0 radical (unpaired) electrons. The molecule has 1 heterocycles. The van der Waals surface area contributed by atoms with Crippen LogP contribution in [0.2, 0.25) is 0 Å². The molecule has 1 saturated carbocycles. The van der Waals surface area contributed by atoms with E-state index in [9.17, 15) is 8.42 Å². The fourth-order valence-corrected chi connectivity index (χ4v) is 4.85. The summed E-state index contributed by atoms with van der Waals surface area (Å²) in [5.41, 5.74) is 0. The lowest BCUT2D eigenvalue weighted by molar-refractivity contribution is 0.279. The Bertz CT molecular complexity index is 362. The molecule has 0 aromatic heterocycles. The van der Waals surface area contributed by atoms with Gasteiger partial charge in [-0.2, -0.15) is 0 Å². The predicted molar refractivity (Wildman–Crippen MR) is 75.3 cm³/mol. The third-order valence-corrected chi connectivity index (χ3v) is 6.38. The van der Waals surface area contributed by atoms with E-state index < -0.39 is 9.84 Å². The summed E-state index contributed by atoms with van der Waals surface area (Å²) >= 11 is 0. The number of hydrogen-bond acceptors (Lipinski definition) is 3. The summed E-state index contributed by atoms with van der Waals surface area (Å²) in [4.78, 5) is 0. The molecule has 0 amide bonds. The van der Waals surface area contributed by atoms with Crippen molar-refractivity contribution in [3.63, 3.8) is 0 Å². The van der Waals surface area contributed by atoms with Crippen LogP contribution in [0, 0.1) is 17.8 Å². The van der Waals surface area contributed by atoms with Crippen molar-refractivity contribution in [3.05, 3.63) is 0 Å². The molecule has 0 bridgehead atoms. The fraction of sp³-hybridized carbons (Fsp3) is 1.00. The Hall–Kier alpha value is -0.0900. The molecule has 0 aromatic carbocycles. The van der Waals surface area contributed by atoms with Crippen LogP contribution in [0.15, 0.2) is 0 Å². The van der Waals surface area contributed by atoms with Crippen LogP contribution in [-0.2, 0) is 9.84 Å². The lowest BCUT2D eigenvalue weighted by Gasteiger charge is -2.25. The number of hydrogen-bond donors (Lipinski definition) is 1. The minimum Gasteiger partial charge on any atom is -0.314 e. The van der Waals surface area contributed by atoms with Crippen molar-refractivity contribution >= 4 is 9.84 Å². The zero-order valence-corrected chi connectivity index (χ0v) is 12.5. The highest BCUT2D eigenvalue weighted by Crippen LogP contribution is 2.31. The van der Waals surface area contributed by atoms with Crippen molar-refractivity contribution in [3.8, 4) is 0 Å². The summed E-state index contributed by atoms with van der Waals surface area (Å²) in [5.74, 6) is 2.51. The van der Waals surface area contributed by atoms with Crippen molar-refractivity contribution in [2.45, 2.75) is 52.0 Å². The summed E-state index contributed by atoms with van der Waals surface area (Å²) in [6.45, 7) is 5.53. The second kappa shape index (κ2) is 5.91. The van der Waals surface area contributed by atoms with E-state index in [1.165, 1.54) is 25.7 Å². The summed E-state index contributed by atoms with van der Waals surface area (Å²) in [6.07, 6.45) is 5.86. The average molecular weight is 273 g/mol. The lowest BCUT2D eigenvalue weighted by Crippen LogP contribution is -2.31. The summed E-state index contributed by atoms with van der Waals surface area (Å²) in [6, 6.07) is 0.724. The monoisotopic (exact) mass is 273 g/mol. The van der Waals surface area contributed by atoms with Gasteiger partial charge in [0.2, 0.25) is 0 Å². The first-order valence-corrected chi connectivity index (χ1v) is 9.26. The molecular formula is C14H27NO2S. The van der Waals surface area contributed by atoms with Gasteiger partial charge in [0.15, 0.2) is 9.84 Å². The van der Waals surface area contributed by atoms with Crippen molar-refractivity contribution in [2.24, 2.45) is 17.8 Å². The van der Waals surface area contributed by atoms with Gasteiger partial charge in [0.25, 0.3) is 0 Å². The first-order valence-electron chi connectivity index (χ1n) is 7.44. The largest absolute Gasteiger partial charge is 0.314 e. The summed E-state index contributed by atoms with van der Waals surface area (Å²) < 4.78 is 23.3. The van der Waals surface area contributed by atoms with Crippen LogP contribution < -0.4 is 5.32 Å². The Morgan fingerprint density at radius 3 is 2.50 bits per heavy atom. The topological polar surface area (TPSA) is 46.2 Å². The molecule has 4 heteroatoms. The smallest absolute Gasteiger partial charge is 0.150 e. The molecule has 1 N–H and O–H groups in total. The molecule has 2 fully saturated rings. The number of nitrogens with one attached hydrogen (secondary N) is 1. The van der Waals surface area contributed by atoms with Crippen LogP contribution in [-0.4, -0.2) is 32.5 Å². The Labute approximate surface area is 112 Å². The molecular weight excluding hydrogens is 246 g/mol. The Balaban J connectivity index is 1.89. The molecule has 3 atom stereocenters. The third-order valence-electron chi connectivity index (χ3n) is 4.58. The molecule has 18 heavy (non-hydrogen) atoms. The molecule has 0 aromatic rings. The van der Waals surface area contributed by atoms with Crippen LogP contribution in [0.1, 0.15) is 46.0 Å². The molecule has 2 rings (SSSR count). The Morgan fingerprint density at radius 1 is 1.28 bits per heavy atom. The molecule has 3 nitrogen and oxygen atoms in total.